The predicted octanol–water partition coefficient (Wildman–Crippen LogP) is 3.19. The summed E-state index contributed by atoms with van der Waals surface area (Å²) in [6, 6.07) is 17.8. The standard InChI is InChI=1S/C24H30N2O3/c1-24(2,28)19-25-13-15-26(16-14-25)23(27)12-11-20-9-6-10-22(17-20)29-18-21-7-4-3-5-8-21/h3-12,17,28H,13-16,18-19H2,1-2H3/b12-11+. The fraction of sp³-hybridized carbons (Fsp3) is 0.375. The van der Waals surface area contributed by atoms with E-state index in [1.807, 2.05) is 79.4 Å². The Balaban J connectivity index is 1.50. The number of ether oxygens (including phenoxy) is 1. The van der Waals surface area contributed by atoms with E-state index in [0.717, 1.165) is 30.0 Å². The van der Waals surface area contributed by atoms with Crippen molar-refractivity contribution in [3.63, 3.8) is 0 Å². The van der Waals surface area contributed by atoms with Gasteiger partial charge in [-0.25, -0.2) is 0 Å². The predicted molar refractivity (Wildman–Crippen MR) is 116 cm³/mol. The molecule has 0 spiro atoms. The largest absolute Gasteiger partial charge is 0.489 e. The molecule has 1 N–H and O–H groups in total. The van der Waals surface area contributed by atoms with Gasteiger partial charge in [0.25, 0.3) is 0 Å². The zero-order valence-corrected chi connectivity index (χ0v) is 17.3. The molecule has 2 aromatic rings. The van der Waals surface area contributed by atoms with Crippen LogP contribution in [-0.2, 0) is 11.4 Å². The number of piperazine rings is 1. The van der Waals surface area contributed by atoms with E-state index in [0.29, 0.717) is 26.2 Å². The van der Waals surface area contributed by atoms with Crippen LogP contribution in [0.4, 0.5) is 0 Å². The molecule has 5 heteroatoms. The lowest BCUT2D eigenvalue weighted by molar-refractivity contribution is -0.128. The van der Waals surface area contributed by atoms with Gasteiger partial charge in [0.05, 0.1) is 5.60 Å². The van der Waals surface area contributed by atoms with Crippen LogP contribution in [0.15, 0.2) is 60.7 Å². The van der Waals surface area contributed by atoms with E-state index in [-0.39, 0.29) is 5.91 Å². The summed E-state index contributed by atoms with van der Waals surface area (Å²) in [7, 11) is 0. The number of carbonyl (C=O) groups is 1. The SMILES string of the molecule is CC(C)(O)CN1CCN(C(=O)/C=C/c2cccc(OCc3ccccc3)c2)CC1. The second-order valence-corrected chi connectivity index (χ2v) is 8.09. The number of amides is 1. The molecular weight excluding hydrogens is 364 g/mol. The Kier molecular flexibility index (Phi) is 7.07. The third-order valence-corrected chi connectivity index (χ3v) is 4.82. The molecule has 1 aliphatic rings. The smallest absolute Gasteiger partial charge is 0.246 e. The minimum Gasteiger partial charge on any atom is -0.489 e. The molecule has 5 nitrogen and oxygen atoms in total. The number of hydrogen-bond acceptors (Lipinski definition) is 4. The van der Waals surface area contributed by atoms with Crippen molar-refractivity contribution in [3.05, 3.63) is 71.8 Å². The van der Waals surface area contributed by atoms with E-state index < -0.39 is 5.60 Å². The van der Waals surface area contributed by atoms with Crippen LogP contribution in [0.1, 0.15) is 25.0 Å². The van der Waals surface area contributed by atoms with Crippen LogP contribution >= 0.6 is 0 Å². The molecule has 0 aromatic heterocycles. The molecule has 1 fully saturated rings. The van der Waals surface area contributed by atoms with Gasteiger partial charge in [0.1, 0.15) is 12.4 Å². The average Bonchev–Trinajstić information content (AvgIpc) is 2.71. The van der Waals surface area contributed by atoms with E-state index in [2.05, 4.69) is 4.90 Å². The molecule has 0 unspecified atom stereocenters. The van der Waals surface area contributed by atoms with Crippen molar-refractivity contribution >= 4 is 12.0 Å². The first kappa shape index (κ1) is 21.1. The van der Waals surface area contributed by atoms with Gasteiger partial charge >= 0.3 is 0 Å². The Morgan fingerprint density at radius 1 is 1.07 bits per heavy atom. The summed E-state index contributed by atoms with van der Waals surface area (Å²) in [6.45, 7) is 7.69. The first-order valence-corrected chi connectivity index (χ1v) is 10.1. The van der Waals surface area contributed by atoms with E-state index in [1.165, 1.54) is 0 Å². The van der Waals surface area contributed by atoms with Crippen LogP contribution in [-0.4, -0.2) is 59.1 Å². The normalized spacial score (nSPS) is 15.6. The molecule has 1 aliphatic heterocycles. The van der Waals surface area contributed by atoms with Gasteiger partial charge in [0.2, 0.25) is 5.91 Å². The lowest BCUT2D eigenvalue weighted by Gasteiger charge is -2.36. The van der Waals surface area contributed by atoms with E-state index >= 15 is 0 Å². The van der Waals surface area contributed by atoms with Gasteiger partial charge in [-0.2, -0.15) is 0 Å². The van der Waals surface area contributed by atoms with Crippen molar-refractivity contribution in [2.45, 2.75) is 26.1 Å². The van der Waals surface area contributed by atoms with Crippen LogP contribution in [0.5, 0.6) is 5.75 Å². The van der Waals surface area contributed by atoms with Crippen molar-refractivity contribution in [2.24, 2.45) is 0 Å². The van der Waals surface area contributed by atoms with E-state index in [1.54, 1.807) is 6.08 Å². The summed E-state index contributed by atoms with van der Waals surface area (Å²) in [5.41, 5.74) is 1.34. The van der Waals surface area contributed by atoms with Crippen molar-refractivity contribution in [1.29, 1.82) is 0 Å². The first-order chi connectivity index (χ1) is 13.9. The lowest BCUT2D eigenvalue weighted by atomic mass is 10.1. The van der Waals surface area contributed by atoms with Gasteiger partial charge in [-0.15, -0.1) is 0 Å². The molecule has 0 atom stereocenters. The van der Waals surface area contributed by atoms with Gasteiger partial charge in [-0.05, 0) is 43.2 Å². The highest BCUT2D eigenvalue weighted by atomic mass is 16.5. The Morgan fingerprint density at radius 2 is 1.79 bits per heavy atom. The minimum absolute atomic E-state index is 0.0171. The molecule has 2 aromatic carbocycles. The number of aliphatic hydroxyl groups is 1. The Bertz CT molecular complexity index is 820. The monoisotopic (exact) mass is 394 g/mol. The van der Waals surface area contributed by atoms with Crippen molar-refractivity contribution in [2.75, 3.05) is 32.7 Å². The Morgan fingerprint density at radius 3 is 2.48 bits per heavy atom. The number of rotatable bonds is 7. The summed E-state index contributed by atoms with van der Waals surface area (Å²) >= 11 is 0. The maximum Gasteiger partial charge on any atom is 0.246 e. The number of hydrogen-bond donors (Lipinski definition) is 1. The molecular formula is C24H30N2O3. The first-order valence-electron chi connectivity index (χ1n) is 10.1. The number of carbonyl (C=O) groups excluding carboxylic acids is 1. The van der Waals surface area contributed by atoms with Crippen LogP contribution in [0.3, 0.4) is 0 Å². The molecule has 1 heterocycles. The van der Waals surface area contributed by atoms with Crippen LogP contribution in [0.25, 0.3) is 6.08 Å². The van der Waals surface area contributed by atoms with Gasteiger partial charge in [0, 0.05) is 38.8 Å². The minimum atomic E-state index is -0.709. The third kappa shape index (κ3) is 7.04. The molecule has 1 amide bonds. The van der Waals surface area contributed by atoms with Crippen LogP contribution < -0.4 is 4.74 Å². The van der Waals surface area contributed by atoms with Gasteiger partial charge in [-0.3, -0.25) is 9.69 Å². The maximum absolute atomic E-state index is 12.5. The lowest BCUT2D eigenvalue weighted by Crippen LogP contribution is -2.51. The van der Waals surface area contributed by atoms with Gasteiger partial charge < -0.3 is 14.7 Å². The molecule has 0 aliphatic carbocycles. The van der Waals surface area contributed by atoms with Gasteiger partial charge in [0.15, 0.2) is 0 Å². The number of benzene rings is 2. The second kappa shape index (κ2) is 9.72. The molecule has 0 saturated carbocycles. The summed E-state index contributed by atoms with van der Waals surface area (Å²) in [6.07, 6.45) is 3.46. The van der Waals surface area contributed by atoms with Crippen molar-refractivity contribution < 1.29 is 14.6 Å². The van der Waals surface area contributed by atoms with E-state index in [9.17, 15) is 9.90 Å². The molecule has 3 rings (SSSR count). The quantitative estimate of drug-likeness (QED) is 0.733. The fourth-order valence-electron chi connectivity index (χ4n) is 3.40. The highest BCUT2D eigenvalue weighted by molar-refractivity contribution is 5.91. The zero-order chi connectivity index (χ0) is 20.7. The Labute approximate surface area is 173 Å². The molecule has 154 valence electrons. The average molecular weight is 395 g/mol. The fourth-order valence-corrected chi connectivity index (χ4v) is 3.40. The van der Waals surface area contributed by atoms with E-state index in [4.69, 9.17) is 4.74 Å². The maximum atomic E-state index is 12.5. The topological polar surface area (TPSA) is 53.0 Å². The van der Waals surface area contributed by atoms with Crippen molar-refractivity contribution in [3.8, 4) is 5.75 Å². The number of nitrogens with zero attached hydrogens (tertiary/aromatic N) is 2. The third-order valence-electron chi connectivity index (χ3n) is 4.82. The summed E-state index contributed by atoms with van der Waals surface area (Å²) in [4.78, 5) is 16.5. The Hall–Kier alpha value is -2.63. The summed E-state index contributed by atoms with van der Waals surface area (Å²) < 4.78 is 5.85. The number of β-amino-alcohol motifs (C(OH)–C–C–N with tert-alkyl or cyclic N) is 1. The molecule has 0 bridgehead atoms. The highest BCUT2D eigenvalue weighted by Gasteiger charge is 2.24. The molecule has 29 heavy (non-hydrogen) atoms. The second-order valence-electron chi connectivity index (χ2n) is 8.09. The molecule has 0 radical (unpaired) electrons. The van der Waals surface area contributed by atoms with Crippen molar-refractivity contribution in [1.82, 2.24) is 9.80 Å². The van der Waals surface area contributed by atoms with Crippen LogP contribution in [0.2, 0.25) is 0 Å². The molecule has 1 saturated heterocycles. The summed E-state index contributed by atoms with van der Waals surface area (Å²) in [5, 5.41) is 9.94. The zero-order valence-electron chi connectivity index (χ0n) is 17.3. The van der Waals surface area contributed by atoms with Crippen LogP contribution in [0, 0.1) is 0 Å². The summed E-state index contributed by atoms with van der Waals surface area (Å²) in [5.74, 6) is 0.798. The van der Waals surface area contributed by atoms with Gasteiger partial charge in [-0.1, -0.05) is 42.5 Å². The highest BCUT2D eigenvalue weighted by Crippen LogP contribution is 2.17.